The Morgan fingerprint density at radius 1 is 1.05 bits per heavy atom. The first kappa shape index (κ1) is 26.1. The van der Waals surface area contributed by atoms with Crippen molar-refractivity contribution in [1.82, 2.24) is 15.0 Å². The van der Waals surface area contributed by atoms with Gasteiger partial charge in [-0.3, -0.25) is 9.69 Å². The van der Waals surface area contributed by atoms with Crippen LogP contribution in [-0.2, 0) is 22.3 Å². The van der Waals surface area contributed by atoms with Gasteiger partial charge in [0.15, 0.2) is 0 Å². The highest BCUT2D eigenvalue weighted by Crippen LogP contribution is 2.45. The summed E-state index contributed by atoms with van der Waals surface area (Å²) in [4.78, 5) is 18.2. The zero-order valence-electron chi connectivity index (χ0n) is 21.1. The Labute approximate surface area is 222 Å². The Kier molecular flexibility index (Phi) is 6.87. The van der Waals surface area contributed by atoms with Gasteiger partial charge in [-0.15, -0.1) is 11.3 Å². The summed E-state index contributed by atoms with van der Waals surface area (Å²) >= 11 is 0.586. The van der Waals surface area contributed by atoms with E-state index in [4.69, 9.17) is 9.26 Å². The number of aromatic nitrogens is 2. The third-order valence-electron chi connectivity index (χ3n) is 6.03. The number of likely N-dealkylation sites (tertiary alicyclic amines) is 1. The van der Waals surface area contributed by atoms with Crippen LogP contribution in [0.4, 0.5) is 13.2 Å². The lowest BCUT2D eigenvalue weighted by molar-refractivity contribution is -0.166. The Balaban J connectivity index is 1.26. The van der Waals surface area contributed by atoms with Gasteiger partial charge in [0.1, 0.15) is 10.5 Å². The molecule has 2 aromatic carbocycles. The number of halogens is 3. The second-order valence-electron chi connectivity index (χ2n) is 10.3. The second-order valence-corrected chi connectivity index (χ2v) is 11.3. The van der Waals surface area contributed by atoms with Crippen molar-refractivity contribution in [2.45, 2.75) is 39.1 Å². The minimum Gasteiger partial charge on any atom is -0.460 e. The van der Waals surface area contributed by atoms with Crippen LogP contribution < -0.4 is 0 Å². The molecule has 2 aromatic heterocycles. The summed E-state index contributed by atoms with van der Waals surface area (Å²) in [6.45, 7) is 7.56. The number of thiophene rings is 1. The summed E-state index contributed by atoms with van der Waals surface area (Å²) in [5.74, 6) is 0.0593. The van der Waals surface area contributed by atoms with Crippen molar-refractivity contribution in [2.75, 3.05) is 13.1 Å². The molecule has 5 rings (SSSR count). The average molecular weight is 542 g/mol. The third-order valence-corrected chi connectivity index (χ3v) is 7.19. The molecule has 0 spiro atoms. The van der Waals surface area contributed by atoms with E-state index < -0.39 is 16.7 Å². The molecule has 38 heavy (non-hydrogen) atoms. The van der Waals surface area contributed by atoms with Gasteiger partial charge in [0.05, 0.1) is 10.8 Å². The summed E-state index contributed by atoms with van der Waals surface area (Å²) < 4.78 is 52.0. The van der Waals surface area contributed by atoms with E-state index in [2.05, 4.69) is 15.0 Å². The van der Waals surface area contributed by atoms with Crippen molar-refractivity contribution in [3.8, 4) is 33.3 Å². The van der Waals surface area contributed by atoms with Crippen molar-refractivity contribution >= 4 is 17.3 Å². The zero-order valence-corrected chi connectivity index (χ0v) is 21.9. The molecule has 0 saturated carbocycles. The minimum absolute atomic E-state index is 0.0375. The number of alkyl halides is 3. The van der Waals surface area contributed by atoms with Crippen LogP contribution in [0.2, 0.25) is 0 Å². The highest BCUT2D eigenvalue weighted by Gasteiger charge is 2.37. The summed E-state index contributed by atoms with van der Waals surface area (Å²) in [5.41, 5.74) is 1.81. The highest BCUT2D eigenvalue weighted by atomic mass is 32.1. The van der Waals surface area contributed by atoms with Crippen molar-refractivity contribution in [3.63, 3.8) is 0 Å². The first-order valence-electron chi connectivity index (χ1n) is 12.1. The Morgan fingerprint density at radius 2 is 1.74 bits per heavy atom. The van der Waals surface area contributed by atoms with Crippen molar-refractivity contribution in [1.29, 1.82) is 0 Å². The quantitative estimate of drug-likeness (QED) is 0.247. The molecule has 198 valence electrons. The molecule has 4 aromatic rings. The average Bonchev–Trinajstić information content (AvgIpc) is 3.48. The lowest BCUT2D eigenvalue weighted by atomic mass is 9.98. The maximum Gasteiger partial charge on any atom is 0.426 e. The molecule has 3 heterocycles. The fraction of sp³-hybridized carbons (Fsp3) is 0.321. The molecule has 0 bridgehead atoms. The van der Waals surface area contributed by atoms with Crippen molar-refractivity contribution in [3.05, 3.63) is 71.1 Å². The van der Waals surface area contributed by atoms with E-state index in [-0.39, 0.29) is 28.2 Å². The van der Waals surface area contributed by atoms with Crippen molar-refractivity contribution < 1.29 is 27.2 Å². The van der Waals surface area contributed by atoms with Crippen LogP contribution in [0.15, 0.2) is 65.2 Å². The van der Waals surface area contributed by atoms with E-state index in [1.54, 1.807) is 30.3 Å². The Bertz CT molecular complexity index is 1420. The van der Waals surface area contributed by atoms with Gasteiger partial charge in [0, 0.05) is 30.8 Å². The number of ether oxygens (including phenoxy) is 1. The Hall–Kier alpha value is -3.50. The number of hydrogen-bond donors (Lipinski definition) is 0. The highest BCUT2D eigenvalue weighted by molar-refractivity contribution is 7.16. The molecule has 1 aliphatic rings. The topological polar surface area (TPSA) is 68.5 Å². The first-order valence-corrected chi connectivity index (χ1v) is 12.9. The molecule has 0 radical (unpaired) electrons. The van der Waals surface area contributed by atoms with Crippen LogP contribution in [0.25, 0.3) is 33.3 Å². The van der Waals surface area contributed by atoms with Gasteiger partial charge in [-0.05, 0) is 38.0 Å². The van der Waals surface area contributed by atoms with E-state index in [1.165, 1.54) is 6.07 Å². The van der Waals surface area contributed by atoms with Crippen LogP contribution >= 0.6 is 11.3 Å². The van der Waals surface area contributed by atoms with E-state index in [1.807, 2.05) is 45.0 Å². The van der Waals surface area contributed by atoms with E-state index in [9.17, 15) is 18.0 Å². The molecule has 6 nitrogen and oxygen atoms in total. The second kappa shape index (κ2) is 9.99. The summed E-state index contributed by atoms with van der Waals surface area (Å²) in [5, 5.41) is 3.99. The first-order chi connectivity index (χ1) is 18.0. The molecule has 10 heteroatoms. The van der Waals surface area contributed by atoms with E-state index in [0.717, 1.165) is 5.56 Å². The SMILES string of the molecule is CC(C)(C)OC(=O)C1CN(Cc2ccc(-c3noc(-c4cc(-c5ccccc5)c(C(F)(F)F)s4)n3)cc2)C1. The van der Waals surface area contributed by atoms with E-state index in [0.29, 0.717) is 47.9 Å². The van der Waals surface area contributed by atoms with Crippen LogP contribution in [0.5, 0.6) is 0 Å². The minimum atomic E-state index is -4.50. The van der Waals surface area contributed by atoms with Crippen LogP contribution in [0, 0.1) is 5.92 Å². The molecule has 0 aliphatic carbocycles. The van der Waals surface area contributed by atoms with Gasteiger partial charge in [-0.1, -0.05) is 59.8 Å². The molecular formula is C28H26F3N3O3S. The largest absolute Gasteiger partial charge is 0.460 e. The maximum absolute atomic E-state index is 13.7. The molecule has 1 aliphatic heterocycles. The Morgan fingerprint density at radius 3 is 2.37 bits per heavy atom. The standard InChI is InChI=1S/C28H26F3N3O3S/c1-27(2,3)36-26(35)20-15-34(16-20)14-17-9-11-19(12-10-17)24-32-25(37-33-24)22-13-21(18-7-5-4-6-8-18)23(38-22)28(29,30)31/h4-13,20H,14-16H2,1-3H3. The van der Waals surface area contributed by atoms with Gasteiger partial charge in [-0.25, -0.2) is 0 Å². The maximum atomic E-state index is 13.7. The smallest absolute Gasteiger partial charge is 0.426 e. The predicted octanol–water partition coefficient (Wildman–Crippen LogP) is 6.92. The van der Waals surface area contributed by atoms with Gasteiger partial charge in [0.2, 0.25) is 5.82 Å². The zero-order chi connectivity index (χ0) is 27.1. The van der Waals surface area contributed by atoms with Crippen molar-refractivity contribution in [2.24, 2.45) is 5.92 Å². The molecular weight excluding hydrogens is 515 g/mol. The normalized spacial score (nSPS) is 14.9. The number of esters is 1. The molecule has 1 fully saturated rings. The monoisotopic (exact) mass is 541 g/mol. The number of benzene rings is 2. The van der Waals surface area contributed by atoms with Gasteiger partial charge in [-0.2, -0.15) is 18.2 Å². The molecule has 0 atom stereocenters. The van der Waals surface area contributed by atoms with Crippen LogP contribution in [-0.4, -0.2) is 39.7 Å². The summed E-state index contributed by atoms with van der Waals surface area (Å²) in [6.07, 6.45) is -4.50. The van der Waals surface area contributed by atoms with Gasteiger partial charge < -0.3 is 9.26 Å². The van der Waals surface area contributed by atoms with Gasteiger partial charge in [0.25, 0.3) is 5.89 Å². The lowest BCUT2D eigenvalue weighted by Gasteiger charge is -2.38. The molecule has 0 unspecified atom stereocenters. The predicted molar refractivity (Wildman–Crippen MR) is 138 cm³/mol. The van der Waals surface area contributed by atoms with Crippen LogP contribution in [0.3, 0.4) is 0 Å². The molecule has 0 N–H and O–H groups in total. The fourth-order valence-corrected chi connectivity index (χ4v) is 5.20. The van der Waals surface area contributed by atoms with Crippen LogP contribution in [0.1, 0.15) is 31.2 Å². The number of carbonyl (C=O) groups excluding carboxylic acids is 1. The van der Waals surface area contributed by atoms with E-state index >= 15 is 0 Å². The number of nitrogens with zero attached hydrogens (tertiary/aromatic N) is 3. The third kappa shape index (κ3) is 5.81. The lowest BCUT2D eigenvalue weighted by Crippen LogP contribution is -2.51. The number of rotatable bonds is 6. The number of hydrogen-bond acceptors (Lipinski definition) is 7. The molecule has 1 saturated heterocycles. The number of carbonyl (C=O) groups is 1. The summed E-state index contributed by atoms with van der Waals surface area (Å²) in [6, 6.07) is 17.4. The fourth-order valence-electron chi connectivity index (χ4n) is 4.23. The molecule has 0 amide bonds. The van der Waals surface area contributed by atoms with Gasteiger partial charge >= 0.3 is 12.1 Å². The summed E-state index contributed by atoms with van der Waals surface area (Å²) in [7, 11) is 0.